The van der Waals surface area contributed by atoms with E-state index in [0.29, 0.717) is 17.2 Å². The lowest BCUT2D eigenvalue weighted by Gasteiger charge is -2.15. The predicted molar refractivity (Wildman–Crippen MR) is 81.3 cm³/mol. The predicted octanol–water partition coefficient (Wildman–Crippen LogP) is -0.0663. The van der Waals surface area contributed by atoms with Gasteiger partial charge in [0.1, 0.15) is 18.5 Å². The van der Waals surface area contributed by atoms with Crippen molar-refractivity contribution in [2.75, 3.05) is 31.6 Å². The fourth-order valence-corrected chi connectivity index (χ4v) is 3.07. The van der Waals surface area contributed by atoms with Crippen LogP contribution in [0.5, 0.6) is 17.2 Å². The van der Waals surface area contributed by atoms with Gasteiger partial charge in [0.15, 0.2) is 11.5 Å². The maximum atomic E-state index is 11.8. The van der Waals surface area contributed by atoms with E-state index in [0.717, 1.165) is 11.6 Å². The molecule has 0 aliphatic carbocycles. The zero-order valence-corrected chi connectivity index (χ0v) is 12.7. The minimum Gasteiger partial charge on any atom is -0.491 e. The molecule has 0 radical (unpaired) electrons. The normalized spacial score (nSPS) is 20.7. The number of fused-ring (bicyclic) bond motifs is 1. The Hall–Kier alpha value is -1.64. The molecular formula is C14H18N2O5S. The van der Waals surface area contributed by atoms with Crippen LogP contribution in [0, 0.1) is 0 Å². The first-order valence-electron chi connectivity index (χ1n) is 7.02. The summed E-state index contributed by atoms with van der Waals surface area (Å²) in [5, 5.41) is 15.7. The molecule has 2 aliphatic rings. The van der Waals surface area contributed by atoms with E-state index in [2.05, 4.69) is 10.6 Å². The number of aliphatic hydroxyl groups is 1. The molecule has 3 N–H and O–H groups in total. The molecule has 0 saturated carbocycles. The summed E-state index contributed by atoms with van der Waals surface area (Å²) in [5.74, 6) is 3.35. The number of hydrogen-bond donors (Lipinski definition) is 3. The molecule has 0 bridgehead atoms. The lowest BCUT2D eigenvalue weighted by molar-refractivity contribution is -0.122. The summed E-state index contributed by atoms with van der Waals surface area (Å²) in [6.07, 6.45) is -0.775. The molecule has 0 spiro atoms. The maximum absolute atomic E-state index is 11.8. The van der Waals surface area contributed by atoms with Crippen LogP contribution < -0.4 is 24.8 Å². The van der Waals surface area contributed by atoms with Crippen LogP contribution in [0.2, 0.25) is 0 Å². The fraction of sp³-hybridized carbons (Fsp3) is 0.500. The summed E-state index contributed by atoms with van der Waals surface area (Å²) in [6.45, 7) is 0.458. The quantitative estimate of drug-likeness (QED) is 0.674. The van der Waals surface area contributed by atoms with E-state index in [4.69, 9.17) is 14.2 Å². The lowest BCUT2D eigenvalue weighted by atomic mass is 10.3. The number of carbonyl (C=O) groups excluding carboxylic acids is 1. The third kappa shape index (κ3) is 3.76. The van der Waals surface area contributed by atoms with E-state index in [9.17, 15) is 9.90 Å². The number of hydrogen-bond acceptors (Lipinski definition) is 7. The third-order valence-electron chi connectivity index (χ3n) is 3.33. The summed E-state index contributed by atoms with van der Waals surface area (Å²) >= 11 is 1.68. The molecule has 120 valence electrons. The molecule has 1 fully saturated rings. The molecule has 1 aromatic rings. The number of ether oxygens (including phenoxy) is 3. The molecule has 1 aromatic carbocycles. The summed E-state index contributed by atoms with van der Waals surface area (Å²) in [5.41, 5.74) is 0. The number of thioether (sulfide) groups is 1. The van der Waals surface area contributed by atoms with Crippen LogP contribution >= 0.6 is 11.8 Å². The number of rotatable bonds is 6. The highest BCUT2D eigenvalue weighted by Crippen LogP contribution is 2.35. The molecule has 2 heterocycles. The summed E-state index contributed by atoms with van der Waals surface area (Å²) in [6, 6.07) is 5.05. The first-order chi connectivity index (χ1) is 10.7. The average molecular weight is 326 g/mol. The van der Waals surface area contributed by atoms with Gasteiger partial charge in [-0.1, -0.05) is 0 Å². The SMILES string of the molecule is O=C(NCC(O)COc1ccc2c(c1)OCO2)C1CSCN1. The Balaban J connectivity index is 1.40. The van der Waals surface area contributed by atoms with Gasteiger partial charge in [0, 0.05) is 24.2 Å². The van der Waals surface area contributed by atoms with E-state index < -0.39 is 6.10 Å². The summed E-state index contributed by atoms with van der Waals surface area (Å²) in [4.78, 5) is 11.8. The standard InChI is InChI=1S/C14H18N2O5S/c17-9(4-15-14(18)11-6-22-7-16-11)5-19-10-1-2-12-13(3-10)21-8-20-12/h1-3,9,11,16-17H,4-8H2,(H,15,18). The third-order valence-corrected chi connectivity index (χ3v) is 4.27. The van der Waals surface area contributed by atoms with Crippen LogP contribution in [0.25, 0.3) is 0 Å². The molecule has 8 heteroatoms. The highest BCUT2D eigenvalue weighted by molar-refractivity contribution is 7.99. The highest BCUT2D eigenvalue weighted by atomic mass is 32.2. The second-order valence-corrected chi connectivity index (χ2v) is 6.03. The van der Waals surface area contributed by atoms with Gasteiger partial charge in [-0.2, -0.15) is 0 Å². The number of amides is 1. The molecule has 3 rings (SSSR count). The number of carbonyl (C=O) groups is 1. The van der Waals surface area contributed by atoms with Gasteiger partial charge in [-0.25, -0.2) is 0 Å². The Kier molecular flexibility index (Phi) is 4.91. The summed E-state index contributed by atoms with van der Waals surface area (Å²) < 4.78 is 16.0. The van der Waals surface area contributed by atoms with Crippen molar-refractivity contribution < 1.29 is 24.1 Å². The largest absolute Gasteiger partial charge is 0.491 e. The Morgan fingerprint density at radius 2 is 2.36 bits per heavy atom. The van der Waals surface area contributed by atoms with E-state index in [-0.39, 0.29) is 31.9 Å². The van der Waals surface area contributed by atoms with Gasteiger partial charge in [0.25, 0.3) is 0 Å². The summed E-state index contributed by atoms with van der Waals surface area (Å²) in [7, 11) is 0. The minimum atomic E-state index is -0.775. The minimum absolute atomic E-state index is 0.0900. The molecule has 1 amide bonds. The number of nitrogens with one attached hydrogen (secondary N) is 2. The van der Waals surface area contributed by atoms with E-state index >= 15 is 0 Å². The van der Waals surface area contributed by atoms with Crippen LogP contribution in [0.3, 0.4) is 0 Å². The van der Waals surface area contributed by atoms with Crippen molar-refractivity contribution in [3.63, 3.8) is 0 Å². The smallest absolute Gasteiger partial charge is 0.238 e. The lowest BCUT2D eigenvalue weighted by Crippen LogP contribution is -2.45. The van der Waals surface area contributed by atoms with Crippen molar-refractivity contribution in [2.24, 2.45) is 0 Å². The molecule has 22 heavy (non-hydrogen) atoms. The molecule has 2 atom stereocenters. The first-order valence-corrected chi connectivity index (χ1v) is 8.17. The monoisotopic (exact) mass is 326 g/mol. The fourth-order valence-electron chi connectivity index (χ4n) is 2.12. The van der Waals surface area contributed by atoms with Gasteiger partial charge in [-0.15, -0.1) is 11.8 Å². The van der Waals surface area contributed by atoms with E-state index in [1.165, 1.54) is 0 Å². The van der Waals surface area contributed by atoms with Crippen molar-refractivity contribution in [1.29, 1.82) is 0 Å². The van der Waals surface area contributed by atoms with E-state index in [1.807, 2.05) is 0 Å². The molecular weight excluding hydrogens is 308 g/mol. The van der Waals surface area contributed by atoms with Gasteiger partial charge in [-0.3, -0.25) is 10.1 Å². The van der Waals surface area contributed by atoms with Crippen molar-refractivity contribution in [1.82, 2.24) is 10.6 Å². The second kappa shape index (κ2) is 7.08. The van der Waals surface area contributed by atoms with Crippen LogP contribution in [-0.2, 0) is 4.79 Å². The van der Waals surface area contributed by atoms with Crippen LogP contribution in [0.15, 0.2) is 18.2 Å². The first kappa shape index (κ1) is 15.3. The van der Waals surface area contributed by atoms with Crippen LogP contribution in [0.4, 0.5) is 0 Å². The van der Waals surface area contributed by atoms with Gasteiger partial charge in [0.05, 0.1) is 6.04 Å². The molecule has 2 unspecified atom stereocenters. The molecule has 2 aliphatic heterocycles. The van der Waals surface area contributed by atoms with Crippen molar-refractivity contribution in [2.45, 2.75) is 12.1 Å². The molecule has 0 aromatic heterocycles. The number of benzene rings is 1. The maximum Gasteiger partial charge on any atom is 0.238 e. The van der Waals surface area contributed by atoms with Crippen LogP contribution in [-0.4, -0.2) is 54.7 Å². The zero-order chi connectivity index (χ0) is 15.4. The van der Waals surface area contributed by atoms with Crippen molar-refractivity contribution in [3.8, 4) is 17.2 Å². The molecule has 1 saturated heterocycles. The van der Waals surface area contributed by atoms with E-state index in [1.54, 1.807) is 30.0 Å². The highest BCUT2D eigenvalue weighted by Gasteiger charge is 2.22. The topological polar surface area (TPSA) is 89.1 Å². The van der Waals surface area contributed by atoms with Gasteiger partial charge in [-0.05, 0) is 12.1 Å². The Bertz CT molecular complexity index is 536. The zero-order valence-electron chi connectivity index (χ0n) is 11.9. The van der Waals surface area contributed by atoms with Crippen molar-refractivity contribution >= 4 is 17.7 Å². The van der Waals surface area contributed by atoms with Gasteiger partial charge in [0.2, 0.25) is 12.7 Å². The molecule has 7 nitrogen and oxygen atoms in total. The second-order valence-electron chi connectivity index (χ2n) is 5.00. The Morgan fingerprint density at radius 1 is 1.50 bits per heavy atom. The van der Waals surface area contributed by atoms with Gasteiger partial charge < -0.3 is 24.6 Å². The average Bonchev–Trinajstić information content (AvgIpc) is 3.20. The number of aliphatic hydroxyl groups excluding tert-OH is 1. The van der Waals surface area contributed by atoms with Crippen molar-refractivity contribution in [3.05, 3.63) is 18.2 Å². The van der Waals surface area contributed by atoms with Gasteiger partial charge >= 0.3 is 0 Å². The Morgan fingerprint density at radius 3 is 3.18 bits per heavy atom. The Labute approximate surface area is 132 Å². The van der Waals surface area contributed by atoms with Crippen LogP contribution in [0.1, 0.15) is 0 Å².